The van der Waals surface area contributed by atoms with Crippen LogP contribution in [-0.4, -0.2) is 48.1 Å². The number of morpholine rings is 1. The standard InChI is InChI=1S/C13H20ClN3O2S/c1-3-15-12(18)11-7-19-5-4-17(11)9(2)13-16-10(6-14)8-20-13/h8-9,11H,3-7H2,1-2H3,(H,15,18). The molecular formula is C13H20ClN3O2S. The quantitative estimate of drug-likeness (QED) is 0.841. The fourth-order valence-electron chi connectivity index (χ4n) is 2.32. The lowest BCUT2D eigenvalue weighted by Crippen LogP contribution is -2.54. The van der Waals surface area contributed by atoms with Gasteiger partial charge in [-0.15, -0.1) is 22.9 Å². The summed E-state index contributed by atoms with van der Waals surface area (Å²) < 4.78 is 5.45. The molecule has 1 N–H and O–H groups in total. The van der Waals surface area contributed by atoms with E-state index in [0.29, 0.717) is 25.6 Å². The Balaban J connectivity index is 2.12. The second kappa shape index (κ2) is 7.36. The van der Waals surface area contributed by atoms with E-state index in [9.17, 15) is 4.79 Å². The van der Waals surface area contributed by atoms with Crippen LogP contribution in [0.25, 0.3) is 0 Å². The van der Waals surface area contributed by atoms with Crippen LogP contribution in [0.5, 0.6) is 0 Å². The molecule has 1 aromatic heterocycles. The summed E-state index contributed by atoms with van der Waals surface area (Å²) in [5, 5.41) is 5.84. The third kappa shape index (κ3) is 3.49. The highest BCUT2D eigenvalue weighted by molar-refractivity contribution is 7.09. The Morgan fingerprint density at radius 3 is 3.20 bits per heavy atom. The van der Waals surface area contributed by atoms with Gasteiger partial charge in [0.1, 0.15) is 11.0 Å². The minimum absolute atomic E-state index is 0.0215. The smallest absolute Gasteiger partial charge is 0.239 e. The summed E-state index contributed by atoms with van der Waals surface area (Å²) in [4.78, 5) is 18.8. The topological polar surface area (TPSA) is 54.5 Å². The number of ether oxygens (including phenoxy) is 1. The maximum absolute atomic E-state index is 12.1. The molecule has 0 saturated carbocycles. The number of likely N-dealkylation sites (N-methyl/N-ethyl adjacent to an activating group) is 1. The summed E-state index contributed by atoms with van der Waals surface area (Å²) in [5.41, 5.74) is 0.890. The molecule has 2 atom stereocenters. The second-order valence-electron chi connectivity index (χ2n) is 4.71. The van der Waals surface area contributed by atoms with E-state index >= 15 is 0 Å². The van der Waals surface area contributed by atoms with Gasteiger partial charge in [-0.05, 0) is 13.8 Å². The summed E-state index contributed by atoms with van der Waals surface area (Å²) >= 11 is 7.39. The molecule has 0 spiro atoms. The van der Waals surface area contributed by atoms with E-state index < -0.39 is 0 Å². The first-order chi connectivity index (χ1) is 9.67. The molecule has 1 amide bonds. The van der Waals surface area contributed by atoms with Gasteiger partial charge in [0.15, 0.2) is 0 Å². The fourth-order valence-corrected chi connectivity index (χ4v) is 3.44. The Labute approximate surface area is 128 Å². The van der Waals surface area contributed by atoms with Gasteiger partial charge < -0.3 is 10.1 Å². The van der Waals surface area contributed by atoms with Crippen molar-refractivity contribution in [2.75, 3.05) is 26.3 Å². The predicted octanol–water partition coefficient (Wildman–Crippen LogP) is 1.78. The van der Waals surface area contributed by atoms with Gasteiger partial charge >= 0.3 is 0 Å². The van der Waals surface area contributed by atoms with E-state index in [-0.39, 0.29) is 18.0 Å². The molecule has 20 heavy (non-hydrogen) atoms. The molecule has 2 heterocycles. The van der Waals surface area contributed by atoms with Crippen molar-refractivity contribution < 1.29 is 9.53 Å². The van der Waals surface area contributed by atoms with Crippen LogP contribution in [0.15, 0.2) is 5.38 Å². The normalized spacial score (nSPS) is 21.6. The molecule has 2 unspecified atom stereocenters. The van der Waals surface area contributed by atoms with Gasteiger partial charge in [0.2, 0.25) is 5.91 Å². The molecule has 2 rings (SSSR count). The van der Waals surface area contributed by atoms with Crippen LogP contribution in [0.2, 0.25) is 0 Å². The first-order valence-electron chi connectivity index (χ1n) is 6.78. The Hall–Kier alpha value is -0.690. The number of nitrogens with one attached hydrogen (secondary N) is 1. The third-order valence-electron chi connectivity index (χ3n) is 3.38. The number of rotatable bonds is 5. The average molecular weight is 318 g/mol. The summed E-state index contributed by atoms with van der Waals surface area (Å²) in [5.74, 6) is 0.444. The number of halogens is 1. The van der Waals surface area contributed by atoms with E-state index in [2.05, 4.69) is 22.1 Å². The molecule has 0 bridgehead atoms. The molecule has 1 fully saturated rings. The highest BCUT2D eigenvalue weighted by Gasteiger charge is 2.33. The number of hydrogen-bond acceptors (Lipinski definition) is 5. The molecule has 1 aromatic rings. The average Bonchev–Trinajstić information content (AvgIpc) is 2.95. The minimum Gasteiger partial charge on any atom is -0.378 e. The van der Waals surface area contributed by atoms with Gasteiger partial charge in [0, 0.05) is 18.5 Å². The first kappa shape index (κ1) is 15.7. The van der Waals surface area contributed by atoms with Crippen LogP contribution in [-0.2, 0) is 15.4 Å². The molecule has 1 saturated heterocycles. The van der Waals surface area contributed by atoms with Crippen LogP contribution >= 0.6 is 22.9 Å². The number of alkyl halides is 1. The number of aromatic nitrogens is 1. The van der Waals surface area contributed by atoms with Gasteiger partial charge in [-0.25, -0.2) is 4.98 Å². The zero-order valence-electron chi connectivity index (χ0n) is 11.8. The highest BCUT2D eigenvalue weighted by Crippen LogP contribution is 2.27. The van der Waals surface area contributed by atoms with E-state index in [1.807, 2.05) is 12.3 Å². The van der Waals surface area contributed by atoms with Crippen molar-refractivity contribution >= 4 is 28.8 Å². The van der Waals surface area contributed by atoms with E-state index in [0.717, 1.165) is 17.2 Å². The Kier molecular flexibility index (Phi) is 5.77. The number of nitrogens with zero attached hydrogens (tertiary/aromatic N) is 2. The zero-order chi connectivity index (χ0) is 14.5. The molecule has 5 nitrogen and oxygen atoms in total. The lowest BCUT2D eigenvalue weighted by molar-refractivity contribution is -0.134. The van der Waals surface area contributed by atoms with Crippen molar-refractivity contribution in [2.24, 2.45) is 0 Å². The van der Waals surface area contributed by atoms with Crippen LogP contribution in [0, 0.1) is 0 Å². The Morgan fingerprint density at radius 2 is 2.55 bits per heavy atom. The van der Waals surface area contributed by atoms with Crippen LogP contribution in [0.3, 0.4) is 0 Å². The zero-order valence-corrected chi connectivity index (χ0v) is 13.3. The summed E-state index contributed by atoms with van der Waals surface area (Å²) in [7, 11) is 0. The lowest BCUT2D eigenvalue weighted by Gasteiger charge is -2.37. The maximum atomic E-state index is 12.1. The van der Waals surface area contributed by atoms with Crippen molar-refractivity contribution in [3.8, 4) is 0 Å². The van der Waals surface area contributed by atoms with E-state index in [4.69, 9.17) is 16.3 Å². The number of hydrogen-bond donors (Lipinski definition) is 1. The summed E-state index contributed by atoms with van der Waals surface area (Å²) in [6.07, 6.45) is 0. The minimum atomic E-state index is -0.248. The second-order valence-corrected chi connectivity index (χ2v) is 5.87. The molecule has 0 aliphatic carbocycles. The van der Waals surface area contributed by atoms with Gasteiger partial charge in [-0.1, -0.05) is 0 Å². The van der Waals surface area contributed by atoms with Crippen LogP contribution < -0.4 is 5.32 Å². The summed E-state index contributed by atoms with van der Waals surface area (Å²) in [6.45, 7) is 6.44. The van der Waals surface area contributed by atoms with Crippen LogP contribution in [0.1, 0.15) is 30.6 Å². The largest absolute Gasteiger partial charge is 0.378 e. The monoisotopic (exact) mass is 317 g/mol. The molecular weight excluding hydrogens is 298 g/mol. The molecule has 0 radical (unpaired) electrons. The maximum Gasteiger partial charge on any atom is 0.239 e. The lowest BCUT2D eigenvalue weighted by atomic mass is 10.1. The van der Waals surface area contributed by atoms with Crippen molar-refractivity contribution in [3.63, 3.8) is 0 Å². The van der Waals surface area contributed by atoms with E-state index in [1.54, 1.807) is 11.3 Å². The SMILES string of the molecule is CCNC(=O)C1COCCN1C(C)c1nc(CCl)cs1. The third-order valence-corrected chi connectivity index (χ3v) is 4.72. The Morgan fingerprint density at radius 1 is 1.75 bits per heavy atom. The van der Waals surface area contributed by atoms with Crippen LogP contribution in [0.4, 0.5) is 0 Å². The Bertz CT molecular complexity index is 455. The van der Waals surface area contributed by atoms with Crippen molar-refractivity contribution in [1.82, 2.24) is 15.2 Å². The van der Waals surface area contributed by atoms with Crippen molar-refractivity contribution in [2.45, 2.75) is 31.8 Å². The number of thiazole rings is 1. The van der Waals surface area contributed by atoms with E-state index in [1.165, 1.54) is 0 Å². The van der Waals surface area contributed by atoms with Gasteiger partial charge in [-0.2, -0.15) is 0 Å². The fraction of sp³-hybridized carbons (Fsp3) is 0.692. The first-order valence-corrected chi connectivity index (χ1v) is 8.20. The summed E-state index contributed by atoms with van der Waals surface area (Å²) in [6, 6.07) is -0.157. The molecule has 112 valence electrons. The van der Waals surface area contributed by atoms with Crippen molar-refractivity contribution in [3.05, 3.63) is 16.1 Å². The van der Waals surface area contributed by atoms with Gasteiger partial charge in [-0.3, -0.25) is 9.69 Å². The van der Waals surface area contributed by atoms with Crippen molar-refractivity contribution in [1.29, 1.82) is 0 Å². The van der Waals surface area contributed by atoms with Gasteiger partial charge in [0.05, 0.1) is 30.8 Å². The number of amides is 1. The number of carbonyl (C=O) groups is 1. The molecule has 1 aliphatic rings. The molecule has 1 aliphatic heterocycles. The number of carbonyl (C=O) groups excluding carboxylic acids is 1. The predicted molar refractivity (Wildman–Crippen MR) is 80.1 cm³/mol. The molecule has 0 aromatic carbocycles. The molecule has 7 heteroatoms. The highest BCUT2D eigenvalue weighted by atomic mass is 35.5. The van der Waals surface area contributed by atoms with Gasteiger partial charge in [0.25, 0.3) is 0 Å².